The summed E-state index contributed by atoms with van der Waals surface area (Å²) in [5, 5.41) is 0. The molecule has 0 rings (SSSR count). The number of hydrogen-bond acceptors (Lipinski definition) is 2. The minimum atomic E-state index is -0.147. The molecule has 0 heterocycles. The highest BCUT2D eigenvalue weighted by Gasteiger charge is 2.20. The van der Waals surface area contributed by atoms with E-state index >= 15 is 0 Å². The first-order valence-electron chi connectivity index (χ1n) is 4.88. The van der Waals surface area contributed by atoms with Crippen molar-refractivity contribution in [2.24, 2.45) is 11.7 Å². The lowest BCUT2D eigenvalue weighted by molar-refractivity contribution is 0.0908. The summed E-state index contributed by atoms with van der Waals surface area (Å²) in [6.07, 6.45) is 2.24. The van der Waals surface area contributed by atoms with Crippen molar-refractivity contribution in [3.63, 3.8) is 0 Å². The Morgan fingerprint density at radius 1 is 1.42 bits per heavy atom. The van der Waals surface area contributed by atoms with Gasteiger partial charge in [-0.25, -0.2) is 0 Å². The van der Waals surface area contributed by atoms with E-state index in [1.165, 1.54) is 6.42 Å². The van der Waals surface area contributed by atoms with E-state index in [-0.39, 0.29) is 5.54 Å². The zero-order chi connectivity index (χ0) is 9.61. The monoisotopic (exact) mass is 173 g/mol. The maximum Gasteiger partial charge on any atom is 0.0643 e. The molecular weight excluding hydrogens is 150 g/mol. The summed E-state index contributed by atoms with van der Waals surface area (Å²) in [6, 6.07) is 0. The Balaban J connectivity index is 3.69. The minimum absolute atomic E-state index is 0.147. The molecule has 2 heteroatoms. The highest BCUT2D eigenvalue weighted by atomic mass is 16.5. The largest absolute Gasteiger partial charge is 0.380 e. The van der Waals surface area contributed by atoms with E-state index in [9.17, 15) is 0 Å². The third-order valence-electron chi connectivity index (χ3n) is 2.15. The lowest BCUT2D eigenvalue weighted by Crippen LogP contribution is -2.42. The van der Waals surface area contributed by atoms with Gasteiger partial charge in [0.1, 0.15) is 0 Å². The van der Waals surface area contributed by atoms with Crippen molar-refractivity contribution in [2.45, 2.75) is 46.1 Å². The van der Waals surface area contributed by atoms with Crippen LogP contribution in [0, 0.1) is 5.92 Å². The van der Waals surface area contributed by atoms with E-state index in [1.807, 2.05) is 6.92 Å². The third kappa shape index (κ3) is 5.56. The average molecular weight is 173 g/mol. The fraction of sp³-hybridized carbons (Fsp3) is 1.00. The predicted octanol–water partition coefficient (Wildman–Crippen LogP) is 2.18. The van der Waals surface area contributed by atoms with Crippen molar-refractivity contribution in [3.8, 4) is 0 Å². The summed E-state index contributed by atoms with van der Waals surface area (Å²) >= 11 is 0. The minimum Gasteiger partial charge on any atom is -0.380 e. The molecule has 0 spiro atoms. The Kier molecular flexibility index (Phi) is 5.51. The lowest BCUT2D eigenvalue weighted by Gasteiger charge is -2.27. The molecule has 74 valence electrons. The number of ether oxygens (including phenoxy) is 1. The van der Waals surface area contributed by atoms with Gasteiger partial charge in [-0.3, -0.25) is 0 Å². The van der Waals surface area contributed by atoms with Gasteiger partial charge in [0.25, 0.3) is 0 Å². The van der Waals surface area contributed by atoms with Crippen LogP contribution < -0.4 is 5.73 Å². The van der Waals surface area contributed by atoms with Gasteiger partial charge >= 0.3 is 0 Å². The van der Waals surface area contributed by atoms with E-state index < -0.39 is 0 Å². The zero-order valence-electron chi connectivity index (χ0n) is 8.89. The van der Waals surface area contributed by atoms with Gasteiger partial charge in [0.15, 0.2) is 0 Å². The van der Waals surface area contributed by atoms with Gasteiger partial charge < -0.3 is 10.5 Å². The van der Waals surface area contributed by atoms with Crippen molar-refractivity contribution in [3.05, 3.63) is 0 Å². The molecule has 12 heavy (non-hydrogen) atoms. The second-order valence-electron chi connectivity index (χ2n) is 4.01. The molecule has 0 aromatic heterocycles. The summed E-state index contributed by atoms with van der Waals surface area (Å²) in [5.41, 5.74) is 5.91. The molecule has 0 bridgehead atoms. The Hall–Kier alpha value is -0.0800. The highest BCUT2D eigenvalue weighted by Crippen LogP contribution is 2.16. The summed E-state index contributed by atoms with van der Waals surface area (Å²) in [6.45, 7) is 9.92. The molecule has 0 radical (unpaired) electrons. The average Bonchev–Trinajstić information content (AvgIpc) is 2.00. The molecule has 0 amide bonds. The second kappa shape index (κ2) is 5.55. The van der Waals surface area contributed by atoms with Gasteiger partial charge in [-0.1, -0.05) is 20.3 Å². The molecule has 0 aromatic rings. The van der Waals surface area contributed by atoms with E-state index in [2.05, 4.69) is 20.8 Å². The summed E-state index contributed by atoms with van der Waals surface area (Å²) < 4.78 is 5.32. The zero-order valence-corrected chi connectivity index (χ0v) is 8.89. The molecule has 0 saturated heterocycles. The van der Waals surface area contributed by atoms with Gasteiger partial charge in [-0.05, 0) is 26.2 Å². The molecule has 0 aromatic carbocycles. The highest BCUT2D eigenvalue weighted by molar-refractivity contribution is 4.79. The van der Waals surface area contributed by atoms with Crippen molar-refractivity contribution >= 4 is 0 Å². The van der Waals surface area contributed by atoms with E-state index in [4.69, 9.17) is 10.5 Å². The number of rotatable bonds is 6. The molecule has 0 aliphatic rings. The van der Waals surface area contributed by atoms with Crippen molar-refractivity contribution in [1.29, 1.82) is 0 Å². The first kappa shape index (κ1) is 11.9. The first-order valence-corrected chi connectivity index (χ1v) is 4.88. The molecule has 2 atom stereocenters. The third-order valence-corrected chi connectivity index (χ3v) is 2.15. The lowest BCUT2D eigenvalue weighted by atomic mass is 9.90. The van der Waals surface area contributed by atoms with Gasteiger partial charge in [0.2, 0.25) is 0 Å². The summed E-state index contributed by atoms with van der Waals surface area (Å²) in [7, 11) is 0. The smallest absolute Gasteiger partial charge is 0.0643 e. The predicted molar refractivity (Wildman–Crippen MR) is 53.2 cm³/mol. The second-order valence-corrected chi connectivity index (χ2v) is 4.01. The van der Waals surface area contributed by atoms with Gasteiger partial charge in [-0.15, -0.1) is 0 Å². The normalized spacial score (nSPS) is 18.8. The Labute approximate surface area is 76.5 Å². The Bertz CT molecular complexity index is 112. The molecule has 0 aliphatic heterocycles. The van der Waals surface area contributed by atoms with Crippen molar-refractivity contribution in [2.75, 3.05) is 13.2 Å². The van der Waals surface area contributed by atoms with Crippen LogP contribution in [0.15, 0.2) is 0 Å². The molecular formula is C10H23NO. The van der Waals surface area contributed by atoms with E-state index in [0.29, 0.717) is 12.5 Å². The summed E-state index contributed by atoms with van der Waals surface area (Å²) in [5.74, 6) is 0.695. The standard InChI is InChI=1S/C10H23NO/c1-5-9(3)7-10(4,11)8-12-6-2/h9H,5-8,11H2,1-4H3. The molecule has 0 fully saturated rings. The van der Waals surface area contributed by atoms with Gasteiger partial charge in [0.05, 0.1) is 6.61 Å². The quantitative estimate of drug-likeness (QED) is 0.668. The molecule has 2 unspecified atom stereocenters. The number of hydrogen-bond donors (Lipinski definition) is 1. The van der Waals surface area contributed by atoms with Crippen LogP contribution in [0.25, 0.3) is 0 Å². The van der Waals surface area contributed by atoms with Crippen LogP contribution in [-0.2, 0) is 4.74 Å². The molecule has 0 saturated carbocycles. The van der Waals surface area contributed by atoms with Gasteiger partial charge in [0, 0.05) is 12.1 Å². The van der Waals surface area contributed by atoms with Crippen LogP contribution in [0.1, 0.15) is 40.5 Å². The van der Waals surface area contributed by atoms with Gasteiger partial charge in [-0.2, -0.15) is 0 Å². The Morgan fingerprint density at radius 3 is 2.42 bits per heavy atom. The first-order chi connectivity index (χ1) is 5.52. The maximum absolute atomic E-state index is 6.05. The number of nitrogens with two attached hydrogens (primary N) is 1. The van der Waals surface area contributed by atoms with E-state index in [0.717, 1.165) is 13.0 Å². The van der Waals surface area contributed by atoms with Crippen molar-refractivity contribution in [1.82, 2.24) is 0 Å². The fourth-order valence-corrected chi connectivity index (χ4v) is 1.33. The Morgan fingerprint density at radius 2 is 2.00 bits per heavy atom. The van der Waals surface area contributed by atoms with Crippen molar-refractivity contribution < 1.29 is 4.74 Å². The molecule has 2 N–H and O–H groups in total. The van der Waals surface area contributed by atoms with Crippen LogP contribution in [0.3, 0.4) is 0 Å². The fourth-order valence-electron chi connectivity index (χ4n) is 1.33. The van der Waals surface area contributed by atoms with Crippen LogP contribution >= 0.6 is 0 Å². The topological polar surface area (TPSA) is 35.2 Å². The van der Waals surface area contributed by atoms with Crippen LogP contribution in [0.5, 0.6) is 0 Å². The van der Waals surface area contributed by atoms with Crippen LogP contribution in [-0.4, -0.2) is 18.8 Å². The van der Waals surface area contributed by atoms with Crippen LogP contribution in [0.4, 0.5) is 0 Å². The molecule has 2 nitrogen and oxygen atoms in total. The summed E-state index contributed by atoms with van der Waals surface area (Å²) in [4.78, 5) is 0. The van der Waals surface area contributed by atoms with Crippen LogP contribution in [0.2, 0.25) is 0 Å². The van der Waals surface area contributed by atoms with E-state index in [1.54, 1.807) is 0 Å². The maximum atomic E-state index is 6.05. The SMILES string of the molecule is CCOCC(C)(N)CC(C)CC. The molecule has 0 aliphatic carbocycles.